The molecule has 0 aliphatic rings. The van der Waals surface area contributed by atoms with E-state index in [-0.39, 0.29) is 6.03 Å². The number of benzene rings is 2. The van der Waals surface area contributed by atoms with Crippen LogP contribution in [0.2, 0.25) is 5.02 Å². The standard InChI is InChI=1S/C20H20ClN3O3/c1-3-9-23-20(25)24-17-7-5-14(11-16(17)21)27-19-8-10-22-18-12-13(26-2)4-6-15(18)19/h4-8,10-12H,3,9H2,1-2H3,(H2,23,24,25). The normalized spacial score (nSPS) is 10.5. The van der Waals surface area contributed by atoms with Gasteiger partial charge in [-0.1, -0.05) is 18.5 Å². The first-order chi connectivity index (χ1) is 13.1. The van der Waals surface area contributed by atoms with Crippen LogP contribution in [0.25, 0.3) is 10.9 Å². The number of amides is 2. The Bertz CT molecular complexity index is 962. The van der Waals surface area contributed by atoms with Crippen LogP contribution in [0.5, 0.6) is 17.2 Å². The fourth-order valence-corrected chi connectivity index (χ4v) is 2.73. The van der Waals surface area contributed by atoms with Gasteiger partial charge in [-0.2, -0.15) is 0 Å². The van der Waals surface area contributed by atoms with Crippen LogP contribution in [0.1, 0.15) is 13.3 Å². The zero-order chi connectivity index (χ0) is 19.2. The molecule has 0 saturated heterocycles. The first kappa shape index (κ1) is 18.8. The number of methoxy groups -OCH3 is 1. The summed E-state index contributed by atoms with van der Waals surface area (Å²) in [5.41, 5.74) is 1.28. The van der Waals surface area contributed by atoms with Gasteiger partial charge < -0.3 is 20.1 Å². The van der Waals surface area contributed by atoms with E-state index in [2.05, 4.69) is 15.6 Å². The van der Waals surface area contributed by atoms with E-state index >= 15 is 0 Å². The van der Waals surface area contributed by atoms with Crippen LogP contribution < -0.4 is 20.1 Å². The Morgan fingerprint density at radius 2 is 1.96 bits per heavy atom. The van der Waals surface area contributed by atoms with Gasteiger partial charge in [0, 0.05) is 30.3 Å². The first-order valence-electron chi connectivity index (χ1n) is 8.55. The van der Waals surface area contributed by atoms with Crippen LogP contribution in [0.4, 0.5) is 10.5 Å². The second kappa shape index (κ2) is 8.60. The molecule has 0 bridgehead atoms. The third-order valence-corrected chi connectivity index (χ3v) is 4.17. The van der Waals surface area contributed by atoms with Crippen molar-refractivity contribution in [3.8, 4) is 17.2 Å². The molecule has 2 N–H and O–H groups in total. The average Bonchev–Trinajstić information content (AvgIpc) is 2.68. The second-order valence-electron chi connectivity index (χ2n) is 5.82. The largest absolute Gasteiger partial charge is 0.497 e. The van der Waals surface area contributed by atoms with Gasteiger partial charge in [-0.15, -0.1) is 0 Å². The molecule has 7 heteroatoms. The summed E-state index contributed by atoms with van der Waals surface area (Å²) < 4.78 is 11.2. The number of hydrogen-bond donors (Lipinski definition) is 2. The summed E-state index contributed by atoms with van der Waals surface area (Å²) >= 11 is 6.28. The van der Waals surface area contributed by atoms with Gasteiger partial charge in [0.1, 0.15) is 17.2 Å². The number of fused-ring (bicyclic) bond motifs is 1. The third-order valence-electron chi connectivity index (χ3n) is 3.86. The summed E-state index contributed by atoms with van der Waals surface area (Å²) in [4.78, 5) is 16.1. The van der Waals surface area contributed by atoms with Crippen LogP contribution in [-0.4, -0.2) is 24.7 Å². The number of pyridine rings is 1. The number of aromatic nitrogens is 1. The number of halogens is 1. The minimum atomic E-state index is -0.290. The average molecular weight is 386 g/mol. The van der Waals surface area contributed by atoms with E-state index < -0.39 is 0 Å². The highest BCUT2D eigenvalue weighted by atomic mass is 35.5. The van der Waals surface area contributed by atoms with E-state index in [1.807, 2.05) is 25.1 Å². The molecule has 27 heavy (non-hydrogen) atoms. The Hall–Kier alpha value is -2.99. The fourth-order valence-electron chi connectivity index (χ4n) is 2.51. The number of nitrogens with zero attached hydrogens (tertiary/aromatic N) is 1. The summed E-state index contributed by atoms with van der Waals surface area (Å²) in [6.45, 7) is 2.59. The van der Waals surface area contributed by atoms with Crippen molar-refractivity contribution in [1.29, 1.82) is 0 Å². The zero-order valence-corrected chi connectivity index (χ0v) is 15.8. The molecule has 3 rings (SSSR count). The molecule has 0 aliphatic carbocycles. The highest BCUT2D eigenvalue weighted by molar-refractivity contribution is 6.33. The number of urea groups is 1. The summed E-state index contributed by atoms with van der Waals surface area (Å²) in [7, 11) is 1.61. The minimum Gasteiger partial charge on any atom is -0.497 e. The number of carbonyl (C=O) groups excluding carboxylic acids is 1. The second-order valence-corrected chi connectivity index (χ2v) is 6.22. The van der Waals surface area contributed by atoms with Crippen molar-refractivity contribution in [1.82, 2.24) is 10.3 Å². The molecule has 1 heterocycles. The lowest BCUT2D eigenvalue weighted by Gasteiger charge is -2.12. The number of hydrogen-bond acceptors (Lipinski definition) is 4. The van der Waals surface area contributed by atoms with E-state index in [4.69, 9.17) is 21.1 Å². The van der Waals surface area contributed by atoms with Crippen molar-refractivity contribution in [2.24, 2.45) is 0 Å². The van der Waals surface area contributed by atoms with Gasteiger partial charge in [0.05, 0.1) is 23.3 Å². The van der Waals surface area contributed by atoms with Crippen LogP contribution >= 0.6 is 11.6 Å². The van der Waals surface area contributed by atoms with Crippen LogP contribution in [0.15, 0.2) is 48.7 Å². The van der Waals surface area contributed by atoms with E-state index in [0.717, 1.165) is 23.1 Å². The molecule has 0 radical (unpaired) electrons. The quantitative estimate of drug-likeness (QED) is 0.610. The monoisotopic (exact) mass is 385 g/mol. The third kappa shape index (κ3) is 4.60. The Labute approximate surface area is 162 Å². The summed E-state index contributed by atoms with van der Waals surface area (Å²) in [5, 5.41) is 6.70. The lowest BCUT2D eigenvalue weighted by Crippen LogP contribution is -2.29. The molecule has 0 atom stereocenters. The molecule has 0 spiro atoms. The molecular formula is C20H20ClN3O3. The van der Waals surface area contributed by atoms with Crippen LogP contribution in [-0.2, 0) is 0 Å². The van der Waals surface area contributed by atoms with Gasteiger partial charge in [0.25, 0.3) is 0 Å². The van der Waals surface area contributed by atoms with E-state index in [1.54, 1.807) is 37.6 Å². The molecule has 0 fully saturated rings. The molecule has 6 nitrogen and oxygen atoms in total. The van der Waals surface area contributed by atoms with Crippen molar-refractivity contribution in [2.75, 3.05) is 19.0 Å². The lowest BCUT2D eigenvalue weighted by molar-refractivity contribution is 0.252. The molecule has 2 amide bonds. The van der Waals surface area contributed by atoms with Gasteiger partial charge in [0.15, 0.2) is 0 Å². The maximum Gasteiger partial charge on any atom is 0.319 e. The molecule has 1 aromatic heterocycles. The number of rotatable bonds is 6. The Kier molecular flexibility index (Phi) is 5.98. The smallest absolute Gasteiger partial charge is 0.319 e. The molecule has 0 saturated carbocycles. The van der Waals surface area contributed by atoms with Crippen molar-refractivity contribution < 1.29 is 14.3 Å². The Morgan fingerprint density at radius 3 is 2.70 bits per heavy atom. The Morgan fingerprint density at radius 1 is 1.15 bits per heavy atom. The van der Waals surface area contributed by atoms with E-state index in [1.165, 1.54) is 0 Å². The van der Waals surface area contributed by atoms with Gasteiger partial charge >= 0.3 is 6.03 Å². The zero-order valence-electron chi connectivity index (χ0n) is 15.1. The summed E-state index contributed by atoms with van der Waals surface area (Å²) in [6, 6.07) is 12.2. The van der Waals surface area contributed by atoms with Crippen molar-refractivity contribution >= 4 is 34.2 Å². The minimum absolute atomic E-state index is 0.290. The van der Waals surface area contributed by atoms with Gasteiger partial charge in [-0.3, -0.25) is 4.98 Å². The molecular weight excluding hydrogens is 366 g/mol. The maximum atomic E-state index is 11.8. The number of anilines is 1. The fraction of sp³-hybridized carbons (Fsp3) is 0.200. The van der Waals surface area contributed by atoms with Gasteiger partial charge in [-0.05, 0) is 36.8 Å². The molecule has 3 aromatic rings. The van der Waals surface area contributed by atoms with Crippen LogP contribution in [0.3, 0.4) is 0 Å². The number of carbonyl (C=O) groups is 1. The molecule has 0 aliphatic heterocycles. The maximum absolute atomic E-state index is 11.8. The highest BCUT2D eigenvalue weighted by Crippen LogP contribution is 2.33. The van der Waals surface area contributed by atoms with Crippen molar-refractivity contribution in [2.45, 2.75) is 13.3 Å². The first-order valence-corrected chi connectivity index (χ1v) is 8.93. The summed E-state index contributed by atoms with van der Waals surface area (Å²) in [5.74, 6) is 1.94. The highest BCUT2D eigenvalue weighted by Gasteiger charge is 2.09. The van der Waals surface area contributed by atoms with Gasteiger partial charge in [-0.25, -0.2) is 4.79 Å². The van der Waals surface area contributed by atoms with E-state index in [0.29, 0.717) is 28.8 Å². The summed E-state index contributed by atoms with van der Waals surface area (Å²) in [6.07, 6.45) is 2.53. The Balaban J connectivity index is 1.79. The lowest BCUT2D eigenvalue weighted by atomic mass is 10.2. The predicted molar refractivity (Wildman–Crippen MR) is 107 cm³/mol. The predicted octanol–water partition coefficient (Wildman–Crippen LogP) is 5.22. The molecule has 2 aromatic carbocycles. The molecule has 0 unspecified atom stereocenters. The number of nitrogens with one attached hydrogen (secondary N) is 2. The molecule has 140 valence electrons. The topological polar surface area (TPSA) is 72.5 Å². The van der Waals surface area contributed by atoms with Crippen LogP contribution in [0, 0.1) is 0 Å². The SMILES string of the molecule is CCCNC(=O)Nc1ccc(Oc2ccnc3cc(OC)ccc23)cc1Cl. The van der Waals surface area contributed by atoms with Crippen molar-refractivity contribution in [3.05, 3.63) is 53.7 Å². The number of ether oxygens (including phenoxy) is 2. The van der Waals surface area contributed by atoms with Gasteiger partial charge in [0.2, 0.25) is 0 Å². The van der Waals surface area contributed by atoms with Crippen molar-refractivity contribution in [3.63, 3.8) is 0 Å². The van der Waals surface area contributed by atoms with E-state index in [9.17, 15) is 4.79 Å².